The second kappa shape index (κ2) is 12.9. The van der Waals surface area contributed by atoms with Crippen molar-refractivity contribution < 1.29 is 23.9 Å². The molecule has 0 saturated heterocycles. The summed E-state index contributed by atoms with van der Waals surface area (Å²) in [6, 6.07) is 7.49. The Labute approximate surface area is 197 Å². The quantitative estimate of drug-likeness (QED) is 0.272. The molecule has 0 radical (unpaired) electrons. The van der Waals surface area contributed by atoms with E-state index in [-0.39, 0.29) is 12.8 Å². The standard InChI is InChI=1S/C23H30N6O5/c1-26-22(32)17(11-14-7-9-27-10-8-14)29-23(33)18(13-20(25)30)28-21(31)12-16(24)15-5-3-4-6-19(15)34-2/h3-10,16-18H,11-13,24H2,1-2H3,(H2,25,30)(H,26,32)(H,28,31)(H,29,33)/t16-,17-,18-/m0/s1. The Morgan fingerprint density at radius 1 is 0.971 bits per heavy atom. The molecule has 0 aliphatic heterocycles. The molecule has 1 aromatic heterocycles. The van der Waals surface area contributed by atoms with Crippen molar-refractivity contribution in [1.29, 1.82) is 0 Å². The number of nitrogens with two attached hydrogens (primary N) is 2. The number of nitrogens with zero attached hydrogens (tertiary/aromatic N) is 1. The number of primary amides is 1. The number of benzene rings is 1. The Morgan fingerprint density at radius 2 is 1.65 bits per heavy atom. The van der Waals surface area contributed by atoms with E-state index >= 15 is 0 Å². The van der Waals surface area contributed by atoms with Crippen molar-refractivity contribution >= 4 is 23.6 Å². The number of methoxy groups -OCH3 is 1. The molecule has 11 heteroatoms. The number of amides is 4. The molecular formula is C23H30N6O5. The van der Waals surface area contributed by atoms with Crippen LogP contribution in [-0.4, -0.2) is 54.9 Å². The van der Waals surface area contributed by atoms with Crippen LogP contribution in [0, 0.1) is 0 Å². The highest BCUT2D eigenvalue weighted by Gasteiger charge is 2.28. The van der Waals surface area contributed by atoms with Gasteiger partial charge in [-0.25, -0.2) is 0 Å². The number of aromatic nitrogens is 1. The van der Waals surface area contributed by atoms with Crippen LogP contribution in [0.3, 0.4) is 0 Å². The van der Waals surface area contributed by atoms with Gasteiger partial charge in [0.25, 0.3) is 0 Å². The first-order valence-corrected chi connectivity index (χ1v) is 10.6. The van der Waals surface area contributed by atoms with Crippen molar-refractivity contribution in [3.8, 4) is 5.75 Å². The predicted octanol–water partition coefficient (Wildman–Crippen LogP) is -0.686. The maximum Gasteiger partial charge on any atom is 0.243 e. The second-order valence-corrected chi connectivity index (χ2v) is 7.58. The van der Waals surface area contributed by atoms with Gasteiger partial charge in [-0.15, -0.1) is 0 Å². The minimum absolute atomic E-state index is 0.168. The largest absolute Gasteiger partial charge is 0.496 e. The molecule has 1 aromatic carbocycles. The molecule has 0 aliphatic carbocycles. The summed E-state index contributed by atoms with van der Waals surface area (Å²) in [5.41, 5.74) is 12.8. The van der Waals surface area contributed by atoms with Gasteiger partial charge in [0.2, 0.25) is 23.6 Å². The molecule has 4 amide bonds. The van der Waals surface area contributed by atoms with Crippen LogP contribution in [0.25, 0.3) is 0 Å². The number of carbonyl (C=O) groups is 4. The fourth-order valence-electron chi connectivity index (χ4n) is 3.36. The van der Waals surface area contributed by atoms with Crippen molar-refractivity contribution in [2.75, 3.05) is 14.2 Å². The molecule has 1 heterocycles. The second-order valence-electron chi connectivity index (χ2n) is 7.58. The number of carbonyl (C=O) groups excluding carboxylic acids is 4. The lowest BCUT2D eigenvalue weighted by Gasteiger charge is -2.23. The fraction of sp³-hybridized carbons (Fsp3) is 0.348. The molecule has 0 fully saturated rings. The van der Waals surface area contributed by atoms with Gasteiger partial charge in [-0.05, 0) is 23.8 Å². The number of hydrogen-bond donors (Lipinski definition) is 5. The number of ether oxygens (including phenoxy) is 1. The minimum Gasteiger partial charge on any atom is -0.496 e. The molecular weight excluding hydrogens is 440 g/mol. The van der Waals surface area contributed by atoms with Crippen LogP contribution in [0.2, 0.25) is 0 Å². The Balaban J connectivity index is 2.10. The zero-order valence-corrected chi connectivity index (χ0v) is 19.1. The molecule has 7 N–H and O–H groups in total. The van der Waals surface area contributed by atoms with Gasteiger partial charge in [-0.1, -0.05) is 18.2 Å². The van der Waals surface area contributed by atoms with Crippen LogP contribution in [-0.2, 0) is 25.6 Å². The summed E-state index contributed by atoms with van der Waals surface area (Å²) >= 11 is 0. The third-order valence-electron chi connectivity index (χ3n) is 5.07. The first-order valence-electron chi connectivity index (χ1n) is 10.6. The molecule has 0 unspecified atom stereocenters. The van der Waals surface area contributed by atoms with Crippen molar-refractivity contribution in [3.05, 3.63) is 59.9 Å². The van der Waals surface area contributed by atoms with E-state index < -0.39 is 48.2 Å². The lowest BCUT2D eigenvalue weighted by molar-refractivity contribution is -0.133. The van der Waals surface area contributed by atoms with Crippen molar-refractivity contribution in [2.45, 2.75) is 37.4 Å². The number of hydrogen-bond acceptors (Lipinski definition) is 7. The van der Waals surface area contributed by atoms with Crippen molar-refractivity contribution in [2.24, 2.45) is 11.5 Å². The smallest absolute Gasteiger partial charge is 0.243 e. The highest BCUT2D eigenvalue weighted by Crippen LogP contribution is 2.25. The first-order chi connectivity index (χ1) is 16.2. The Kier molecular flexibility index (Phi) is 9.96. The number of pyridine rings is 1. The fourth-order valence-corrected chi connectivity index (χ4v) is 3.36. The van der Waals surface area contributed by atoms with Gasteiger partial charge in [0.05, 0.1) is 13.5 Å². The van der Waals surface area contributed by atoms with Crippen LogP contribution < -0.4 is 32.2 Å². The van der Waals surface area contributed by atoms with Crippen LogP contribution >= 0.6 is 0 Å². The van der Waals surface area contributed by atoms with Gasteiger partial charge < -0.3 is 32.2 Å². The SMILES string of the molecule is CNC(=O)[C@H](Cc1ccncc1)NC(=O)[C@H](CC(N)=O)NC(=O)C[C@H](N)c1ccccc1OC. The summed E-state index contributed by atoms with van der Waals surface area (Å²) in [6.07, 6.45) is 2.71. The number of para-hydroxylation sites is 1. The first kappa shape index (κ1) is 26.3. The molecule has 34 heavy (non-hydrogen) atoms. The molecule has 182 valence electrons. The van der Waals surface area contributed by atoms with Gasteiger partial charge in [0.1, 0.15) is 17.8 Å². The highest BCUT2D eigenvalue weighted by atomic mass is 16.5. The topological polar surface area (TPSA) is 179 Å². The molecule has 0 aliphatic rings. The van der Waals surface area contributed by atoms with E-state index in [2.05, 4.69) is 20.9 Å². The van der Waals surface area contributed by atoms with Gasteiger partial charge in [0, 0.05) is 43.9 Å². The van der Waals surface area contributed by atoms with Crippen molar-refractivity contribution in [3.63, 3.8) is 0 Å². The third kappa shape index (κ3) is 7.85. The zero-order chi connectivity index (χ0) is 25.1. The van der Waals surface area contributed by atoms with Gasteiger partial charge in [0.15, 0.2) is 0 Å². The molecule has 0 bridgehead atoms. The summed E-state index contributed by atoms with van der Waals surface area (Å²) in [5.74, 6) is -1.99. The van der Waals surface area contributed by atoms with Crippen LogP contribution in [0.4, 0.5) is 0 Å². The van der Waals surface area contributed by atoms with Crippen LogP contribution in [0.15, 0.2) is 48.8 Å². The van der Waals surface area contributed by atoms with Crippen LogP contribution in [0.1, 0.15) is 30.0 Å². The number of likely N-dealkylation sites (N-methyl/N-ethyl adjacent to an activating group) is 1. The third-order valence-corrected chi connectivity index (χ3v) is 5.07. The average molecular weight is 471 g/mol. The summed E-state index contributed by atoms with van der Waals surface area (Å²) in [4.78, 5) is 53.4. The zero-order valence-electron chi connectivity index (χ0n) is 19.1. The number of nitrogens with one attached hydrogen (secondary N) is 3. The summed E-state index contributed by atoms with van der Waals surface area (Å²) < 4.78 is 5.27. The summed E-state index contributed by atoms with van der Waals surface area (Å²) in [6.45, 7) is 0. The van der Waals surface area contributed by atoms with Gasteiger partial charge in [-0.2, -0.15) is 0 Å². The molecule has 0 spiro atoms. The normalized spacial score (nSPS) is 13.1. The van der Waals surface area contributed by atoms with Gasteiger partial charge in [-0.3, -0.25) is 24.2 Å². The number of rotatable bonds is 12. The molecule has 11 nitrogen and oxygen atoms in total. The molecule has 2 rings (SSSR count). The maximum absolute atomic E-state index is 12.9. The Hall–Kier alpha value is -3.99. The van der Waals surface area contributed by atoms with Gasteiger partial charge >= 0.3 is 0 Å². The van der Waals surface area contributed by atoms with E-state index in [0.717, 1.165) is 5.56 Å². The molecule has 0 saturated carbocycles. The van der Waals surface area contributed by atoms with E-state index in [0.29, 0.717) is 11.3 Å². The molecule has 2 aromatic rings. The highest BCUT2D eigenvalue weighted by molar-refractivity contribution is 5.94. The van der Waals surface area contributed by atoms with E-state index in [1.54, 1.807) is 48.8 Å². The lowest BCUT2D eigenvalue weighted by atomic mass is 10.0. The van der Waals surface area contributed by atoms with Crippen LogP contribution in [0.5, 0.6) is 5.75 Å². The summed E-state index contributed by atoms with van der Waals surface area (Å²) in [5, 5.41) is 7.57. The lowest BCUT2D eigenvalue weighted by Crippen LogP contribution is -2.55. The van der Waals surface area contributed by atoms with E-state index in [4.69, 9.17) is 16.2 Å². The predicted molar refractivity (Wildman–Crippen MR) is 124 cm³/mol. The maximum atomic E-state index is 12.9. The molecule has 3 atom stereocenters. The van der Waals surface area contributed by atoms with E-state index in [1.807, 2.05) is 0 Å². The van der Waals surface area contributed by atoms with Crippen molar-refractivity contribution in [1.82, 2.24) is 20.9 Å². The summed E-state index contributed by atoms with van der Waals surface area (Å²) in [7, 11) is 2.93. The minimum atomic E-state index is -1.28. The monoisotopic (exact) mass is 470 g/mol. The van der Waals surface area contributed by atoms with E-state index in [9.17, 15) is 19.2 Å². The van der Waals surface area contributed by atoms with E-state index in [1.165, 1.54) is 14.2 Å². The Bertz CT molecular complexity index is 1000. The Morgan fingerprint density at radius 3 is 2.26 bits per heavy atom. The average Bonchev–Trinajstić information content (AvgIpc) is 2.82.